The molecule has 0 aromatic heterocycles. The standard InChI is InChI=1S/C12H18F2N2/c1-4-7(2)12(16-15)9-5-8(3)10(13)6-11(9)14/h5-7,12,16H,4,15H2,1-3H3. The Balaban J connectivity index is 3.15. The molecule has 1 aromatic rings. The number of hydrogen-bond donors (Lipinski definition) is 2. The zero-order valence-electron chi connectivity index (χ0n) is 9.85. The minimum absolute atomic E-state index is 0.185. The summed E-state index contributed by atoms with van der Waals surface area (Å²) in [5, 5.41) is 0. The van der Waals surface area contributed by atoms with E-state index in [-0.39, 0.29) is 12.0 Å². The Bertz CT molecular complexity index is 366. The van der Waals surface area contributed by atoms with Gasteiger partial charge in [0.2, 0.25) is 0 Å². The molecule has 0 aliphatic carbocycles. The molecule has 0 aliphatic rings. The van der Waals surface area contributed by atoms with Crippen molar-refractivity contribution in [3.05, 3.63) is 34.9 Å². The largest absolute Gasteiger partial charge is 0.271 e. The highest BCUT2D eigenvalue weighted by Crippen LogP contribution is 2.27. The van der Waals surface area contributed by atoms with E-state index < -0.39 is 11.6 Å². The van der Waals surface area contributed by atoms with Crippen LogP contribution in [0, 0.1) is 24.5 Å². The summed E-state index contributed by atoms with van der Waals surface area (Å²) in [4.78, 5) is 0. The quantitative estimate of drug-likeness (QED) is 0.614. The van der Waals surface area contributed by atoms with Gasteiger partial charge in [-0.05, 0) is 24.5 Å². The molecule has 90 valence electrons. The lowest BCUT2D eigenvalue weighted by molar-refractivity contribution is 0.369. The minimum Gasteiger partial charge on any atom is -0.271 e. The van der Waals surface area contributed by atoms with Crippen LogP contribution in [-0.2, 0) is 0 Å². The second-order valence-electron chi connectivity index (χ2n) is 4.15. The second-order valence-corrected chi connectivity index (χ2v) is 4.15. The Labute approximate surface area is 94.8 Å². The molecule has 0 fully saturated rings. The van der Waals surface area contributed by atoms with Gasteiger partial charge in [0.1, 0.15) is 11.6 Å². The Morgan fingerprint density at radius 3 is 2.44 bits per heavy atom. The number of nitrogens with two attached hydrogens (primary N) is 1. The van der Waals surface area contributed by atoms with E-state index in [9.17, 15) is 8.78 Å². The number of benzene rings is 1. The smallest absolute Gasteiger partial charge is 0.130 e. The first-order chi connectivity index (χ1) is 7.51. The number of hydrazine groups is 1. The van der Waals surface area contributed by atoms with Crippen molar-refractivity contribution < 1.29 is 8.78 Å². The van der Waals surface area contributed by atoms with Gasteiger partial charge in [0.25, 0.3) is 0 Å². The Kier molecular flexibility index (Phi) is 4.38. The average Bonchev–Trinajstić information content (AvgIpc) is 2.26. The number of nitrogens with one attached hydrogen (secondary N) is 1. The number of rotatable bonds is 4. The first kappa shape index (κ1) is 13.1. The fourth-order valence-corrected chi connectivity index (χ4v) is 1.71. The van der Waals surface area contributed by atoms with Crippen LogP contribution in [0.3, 0.4) is 0 Å². The van der Waals surface area contributed by atoms with Crippen molar-refractivity contribution in [3.63, 3.8) is 0 Å². The Morgan fingerprint density at radius 1 is 1.31 bits per heavy atom. The van der Waals surface area contributed by atoms with Gasteiger partial charge in [-0.25, -0.2) is 8.78 Å². The van der Waals surface area contributed by atoms with Gasteiger partial charge < -0.3 is 0 Å². The van der Waals surface area contributed by atoms with Crippen molar-refractivity contribution in [2.24, 2.45) is 11.8 Å². The van der Waals surface area contributed by atoms with Crippen molar-refractivity contribution in [1.29, 1.82) is 0 Å². The first-order valence-electron chi connectivity index (χ1n) is 5.42. The molecule has 3 N–H and O–H groups in total. The van der Waals surface area contributed by atoms with Crippen molar-refractivity contribution >= 4 is 0 Å². The van der Waals surface area contributed by atoms with E-state index in [1.165, 1.54) is 6.07 Å². The lowest BCUT2D eigenvalue weighted by Gasteiger charge is -2.23. The molecule has 0 saturated carbocycles. The van der Waals surface area contributed by atoms with Crippen LogP contribution in [0.1, 0.15) is 37.4 Å². The molecule has 0 radical (unpaired) electrons. The summed E-state index contributed by atoms with van der Waals surface area (Å²) in [5.41, 5.74) is 3.45. The lowest BCUT2D eigenvalue weighted by Crippen LogP contribution is -2.33. The van der Waals surface area contributed by atoms with Gasteiger partial charge in [-0.1, -0.05) is 20.3 Å². The number of hydrogen-bond acceptors (Lipinski definition) is 2. The topological polar surface area (TPSA) is 38.0 Å². The maximum atomic E-state index is 13.6. The van der Waals surface area contributed by atoms with Crippen molar-refractivity contribution in [2.75, 3.05) is 0 Å². The van der Waals surface area contributed by atoms with E-state index in [2.05, 4.69) is 5.43 Å². The van der Waals surface area contributed by atoms with E-state index in [0.717, 1.165) is 12.5 Å². The van der Waals surface area contributed by atoms with Gasteiger partial charge in [0, 0.05) is 11.6 Å². The van der Waals surface area contributed by atoms with Crippen LogP contribution >= 0.6 is 0 Å². The predicted octanol–water partition coefficient (Wildman–Crippen LogP) is 2.82. The highest BCUT2D eigenvalue weighted by atomic mass is 19.1. The third kappa shape index (κ3) is 2.57. The van der Waals surface area contributed by atoms with Gasteiger partial charge in [0.15, 0.2) is 0 Å². The van der Waals surface area contributed by atoms with Crippen LogP contribution in [0.5, 0.6) is 0 Å². The van der Waals surface area contributed by atoms with Gasteiger partial charge in [0.05, 0.1) is 6.04 Å². The molecule has 2 unspecified atom stereocenters. The molecule has 0 amide bonds. The molecule has 0 aliphatic heterocycles. The number of halogens is 2. The van der Waals surface area contributed by atoms with Crippen molar-refractivity contribution in [2.45, 2.75) is 33.2 Å². The van der Waals surface area contributed by atoms with E-state index in [0.29, 0.717) is 11.1 Å². The SMILES string of the molecule is CCC(C)C(NN)c1cc(C)c(F)cc1F. The fourth-order valence-electron chi connectivity index (χ4n) is 1.71. The summed E-state index contributed by atoms with van der Waals surface area (Å²) in [5.74, 6) is 4.54. The second kappa shape index (κ2) is 5.37. The summed E-state index contributed by atoms with van der Waals surface area (Å²) in [6, 6.07) is 2.14. The third-order valence-electron chi connectivity index (χ3n) is 3.01. The molecule has 0 bridgehead atoms. The highest BCUT2D eigenvalue weighted by Gasteiger charge is 2.21. The molecule has 4 heteroatoms. The predicted molar refractivity (Wildman–Crippen MR) is 60.6 cm³/mol. The van der Waals surface area contributed by atoms with Gasteiger partial charge in [-0.3, -0.25) is 11.3 Å². The van der Waals surface area contributed by atoms with Crippen LogP contribution in [0.2, 0.25) is 0 Å². The third-order valence-corrected chi connectivity index (χ3v) is 3.01. The van der Waals surface area contributed by atoms with Gasteiger partial charge in [-0.2, -0.15) is 0 Å². The summed E-state index contributed by atoms with van der Waals surface area (Å²) in [6.45, 7) is 5.59. The van der Waals surface area contributed by atoms with E-state index >= 15 is 0 Å². The number of aryl methyl sites for hydroxylation is 1. The van der Waals surface area contributed by atoms with E-state index in [1.807, 2.05) is 13.8 Å². The maximum absolute atomic E-state index is 13.6. The minimum atomic E-state index is -0.550. The summed E-state index contributed by atoms with van der Waals surface area (Å²) >= 11 is 0. The first-order valence-corrected chi connectivity index (χ1v) is 5.42. The van der Waals surface area contributed by atoms with Crippen molar-refractivity contribution in [1.82, 2.24) is 5.43 Å². The Hall–Kier alpha value is -1.00. The molecule has 0 spiro atoms. The molecule has 1 aromatic carbocycles. The van der Waals surface area contributed by atoms with Gasteiger partial charge in [-0.15, -0.1) is 0 Å². The van der Waals surface area contributed by atoms with Crippen LogP contribution in [0.4, 0.5) is 8.78 Å². The van der Waals surface area contributed by atoms with E-state index in [4.69, 9.17) is 5.84 Å². The molecular weight excluding hydrogens is 210 g/mol. The average molecular weight is 228 g/mol. The normalized spacial score (nSPS) is 14.9. The molecule has 0 heterocycles. The zero-order valence-corrected chi connectivity index (χ0v) is 9.85. The molecule has 2 atom stereocenters. The zero-order chi connectivity index (χ0) is 12.3. The summed E-state index contributed by atoms with van der Waals surface area (Å²) in [7, 11) is 0. The molecule has 16 heavy (non-hydrogen) atoms. The monoisotopic (exact) mass is 228 g/mol. The lowest BCUT2D eigenvalue weighted by atomic mass is 9.91. The van der Waals surface area contributed by atoms with Crippen LogP contribution in [-0.4, -0.2) is 0 Å². The van der Waals surface area contributed by atoms with Crippen molar-refractivity contribution in [3.8, 4) is 0 Å². The van der Waals surface area contributed by atoms with E-state index in [1.54, 1.807) is 6.92 Å². The maximum Gasteiger partial charge on any atom is 0.130 e. The van der Waals surface area contributed by atoms with Crippen LogP contribution in [0.25, 0.3) is 0 Å². The molecule has 1 rings (SSSR count). The van der Waals surface area contributed by atoms with Gasteiger partial charge >= 0.3 is 0 Å². The van der Waals surface area contributed by atoms with Crippen LogP contribution < -0.4 is 11.3 Å². The fraction of sp³-hybridized carbons (Fsp3) is 0.500. The molecular formula is C12H18F2N2. The molecule has 2 nitrogen and oxygen atoms in total. The summed E-state index contributed by atoms with van der Waals surface area (Å²) in [6.07, 6.45) is 0.866. The van der Waals surface area contributed by atoms with Crippen LogP contribution in [0.15, 0.2) is 12.1 Å². The summed E-state index contributed by atoms with van der Waals surface area (Å²) < 4.78 is 26.7. The molecule has 0 saturated heterocycles. The highest BCUT2D eigenvalue weighted by molar-refractivity contribution is 5.28. The Morgan fingerprint density at radius 2 is 1.94 bits per heavy atom.